The molecule has 0 aliphatic carbocycles. The van der Waals surface area contributed by atoms with Crippen LogP contribution in [0.1, 0.15) is 42.7 Å². The number of carbonyl (C=O) groups excluding carboxylic acids is 2. The van der Waals surface area contributed by atoms with Gasteiger partial charge in [-0.15, -0.1) is 0 Å². The minimum Gasteiger partial charge on any atom is -0.449 e. The third-order valence-corrected chi connectivity index (χ3v) is 8.70. The molecule has 1 aromatic heterocycles. The second-order valence-corrected chi connectivity index (χ2v) is 11.6. The van der Waals surface area contributed by atoms with Crippen LogP contribution in [-0.4, -0.2) is 42.3 Å². The summed E-state index contributed by atoms with van der Waals surface area (Å²) in [6.07, 6.45) is 0.181. The molecule has 1 heterocycles. The van der Waals surface area contributed by atoms with Crippen LogP contribution in [0.2, 0.25) is 0 Å². The maximum atomic E-state index is 13.6. The van der Waals surface area contributed by atoms with E-state index in [4.69, 9.17) is 4.74 Å². The zero-order chi connectivity index (χ0) is 30.4. The molecule has 1 N–H and O–H groups in total. The first-order valence-corrected chi connectivity index (χ1v) is 15.0. The fourth-order valence-electron chi connectivity index (χ4n) is 4.41. The van der Waals surface area contributed by atoms with Crippen molar-refractivity contribution in [3.05, 3.63) is 107 Å². The smallest absolute Gasteiger partial charge is 0.338 e. The lowest BCUT2D eigenvalue weighted by molar-refractivity contribution is -0.123. The number of hydrogen-bond acceptors (Lipinski definition) is 6. The van der Waals surface area contributed by atoms with Crippen molar-refractivity contribution in [2.75, 3.05) is 16.2 Å². The molecule has 0 fully saturated rings. The van der Waals surface area contributed by atoms with Gasteiger partial charge in [0.2, 0.25) is 0 Å². The molecule has 0 spiro atoms. The molecular formula is C31H34N4O6S. The number of benzene rings is 3. The number of ether oxygens (including phenoxy) is 1. The molecule has 0 bridgehead atoms. The second-order valence-electron chi connectivity index (χ2n) is 9.77. The van der Waals surface area contributed by atoms with Crippen molar-refractivity contribution in [1.82, 2.24) is 9.36 Å². The number of amides is 1. The third kappa shape index (κ3) is 6.31. The van der Waals surface area contributed by atoms with E-state index in [-0.39, 0.29) is 22.7 Å². The molecule has 3 aromatic carbocycles. The molecule has 220 valence electrons. The summed E-state index contributed by atoms with van der Waals surface area (Å²) in [5.74, 6) is -1.58. The van der Waals surface area contributed by atoms with Gasteiger partial charge in [0, 0.05) is 13.6 Å². The number of sulfonamides is 1. The fraction of sp³-hybridized carbons (Fsp3) is 0.258. The quantitative estimate of drug-likeness (QED) is 0.254. The van der Waals surface area contributed by atoms with Gasteiger partial charge in [-0.25, -0.2) is 17.9 Å². The standard InChI is InChI=1S/C31H34N4O6S/c1-5-6-20-34(25-15-9-7-10-16-25)42(39,40)27-19-13-14-24(21-27)31(38)41-23(3)29(36)32-28-22(2)33(4)35(30(28)37)26-17-11-8-12-18-26/h7-19,21,23H,5-6,20H2,1-4H3,(H,32,36). The fourth-order valence-corrected chi connectivity index (χ4v) is 5.96. The molecule has 1 unspecified atom stereocenters. The van der Waals surface area contributed by atoms with E-state index in [1.54, 1.807) is 73.3 Å². The number of nitrogens with zero attached hydrogens (tertiary/aromatic N) is 3. The number of esters is 1. The topological polar surface area (TPSA) is 120 Å². The summed E-state index contributed by atoms with van der Waals surface area (Å²) in [7, 11) is -2.30. The Morgan fingerprint density at radius 1 is 0.976 bits per heavy atom. The van der Waals surface area contributed by atoms with Crippen LogP contribution in [0.3, 0.4) is 0 Å². The Kier molecular flexibility index (Phi) is 9.31. The number of anilines is 2. The van der Waals surface area contributed by atoms with E-state index in [0.717, 1.165) is 6.42 Å². The summed E-state index contributed by atoms with van der Waals surface area (Å²) in [5, 5.41) is 2.58. The van der Waals surface area contributed by atoms with Crippen LogP contribution in [0, 0.1) is 6.92 Å². The Labute approximate surface area is 245 Å². The third-order valence-electron chi connectivity index (χ3n) is 6.87. The lowest BCUT2D eigenvalue weighted by atomic mass is 10.2. The van der Waals surface area contributed by atoms with Gasteiger partial charge in [-0.05, 0) is 62.7 Å². The van der Waals surface area contributed by atoms with E-state index >= 15 is 0 Å². The van der Waals surface area contributed by atoms with Gasteiger partial charge < -0.3 is 10.1 Å². The summed E-state index contributed by atoms with van der Waals surface area (Å²) < 4.78 is 37.0. The van der Waals surface area contributed by atoms with Gasteiger partial charge in [0.1, 0.15) is 5.69 Å². The van der Waals surface area contributed by atoms with Gasteiger partial charge >= 0.3 is 5.97 Å². The van der Waals surface area contributed by atoms with Crippen LogP contribution in [0.15, 0.2) is 94.6 Å². The van der Waals surface area contributed by atoms with Crippen LogP contribution in [0.25, 0.3) is 5.69 Å². The molecule has 10 nitrogen and oxygen atoms in total. The lowest BCUT2D eigenvalue weighted by Gasteiger charge is -2.24. The molecule has 4 rings (SSSR count). The van der Waals surface area contributed by atoms with Crippen molar-refractivity contribution >= 4 is 33.3 Å². The van der Waals surface area contributed by atoms with Crippen molar-refractivity contribution in [3.8, 4) is 5.69 Å². The van der Waals surface area contributed by atoms with Gasteiger partial charge in [0.15, 0.2) is 6.10 Å². The lowest BCUT2D eigenvalue weighted by Crippen LogP contribution is -2.33. The number of hydrogen-bond donors (Lipinski definition) is 1. The van der Waals surface area contributed by atoms with E-state index in [2.05, 4.69) is 5.32 Å². The van der Waals surface area contributed by atoms with Crippen LogP contribution in [0.4, 0.5) is 11.4 Å². The second kappa shape index (κ2) is 12.9. The average Bonchev–Trinajstić information content (AvgIpc) is 3.20. The monoisotopic (exact) mass is 590 g/mol. The molecule has 0 aliphatic rings. The van der Waals surface area contributed by atoms with E-state index < -0.39 is 33.6 Å². The summed E-state index contributed by atoms with van der Waals surface area (Å²) in [5.41, 5.74) is 1.27. The summed E-state index contributed by atoms with van der Waals surface area (Å²) in [6.45, 7) is 5.32. The molecule has 1 atom stereocenters. The molecule has 0 radical (unpaired) electrons. The van der Waals surface area contributed by atoms with Crippen molar-refractivity contribution in [3.63, 3.8) is 0 Å². The van der Waals surface area contributed by atoms with Crippen LogP contribution in [-0.2, 0) is 26.6 Å². The highest BCUT2D eigenvalue weighted by Crippen LogP contribution is 2.25. The normalized spacial score (nSPS) is 12.0. The Bertz CT molecular complexity index is 1730. The minimum atomic E-state index is -4.00. The number of rotatable bonds is 11. The minimum absolute atomic E-state index is 0.0263. The van der Waals surface area contributed by atoms with Gasteiger partial charge in [0.25, 0.3) is 21.5 Å². The highest BCUT2D eigenvalue weighted by atomic mass is 32.2. The predicted octanol–water partition coefficient (Wildman–Crippen LogP) is 4.66. The van der Waals surface area contributed by atoms with E-state index in [9.17, 15) is 22.8 Å². The highest BCUT2D eigenvalue weighted by Gasteiger charge is 2.27. The maximum absolute atomic E-state index is 13.6. The van der Waals surface area contributed by atoms with E-state index in [1.165, 1.54) is 40.2 Å². The molecule has 1 amide bonds. The first kappa shape index (κ1) is 30.3. The van der Waals surface area contributed by atoms with Gasteiger partial charge in [-0.3, -0.25) is 18.6 Å². The predicted molar refractivity (Wildman–Crippen MR) is 162 cm³/mol. The molecule has 0 saturated heterocycles. The number of unbranched alkanes of at least 4 members (excludes halogenated alkanes) is 1. The van der Waals surface area contributed by atoms with Crippen LogP contribution >= 0.6 is 0 Å². The van der Waals surface area contributed by atoms with Gasteiger partial charge in [-0.2, -0.15) is 0 Å². The largest absolute Gasteiger partial charge is 0.449 e. The molecule has 4 aromatic rings. The Hall–Kier alpha value is -4.64. The Morgan fingerprint density at radius 3 is 2.26 bits per heavy atom. The number of aromatic nitrogens is 2. The SMILES string of the molecule is CCCCN(c1ccccc1)S(=O)(=O)c1cccc(C(=O)OC(C)C(=O)Nc2c(C)n(C)n(-c3ccccc3)c2=O)c1. The first-order valence-electron chi connectivity index (χ1n) is 13.6. The molecule has 0 aliphatic heterocycles. The molecule has 42 heavy (non-hydrogen) atoms. The van der Waals surface area contributed by atoms with Gasteiger partial charge in [0.05, 0.1) is 27.5 Å². The maximum Gasteiger partial charge on any atom is 0.338 e. The van der Waals surface area contributed by atoms with Crippen molar-refractivity contribution in [2.24, 2.45) is 7.05 Å². The molecular weight excluding hydrogens is 556 g/mol. The van der Waals surface area contributed by atoms with E-state index in [1.807, 2.05) is 13.0 Å². The number of carbonyl (C=O) groups is 2. The molecule has 11 heteroatoms. The van der Waals surface area contributed by atoms with Crippen molar-refractivity contribution in [2.45, 2.75) is 44.6 Å². The highest BCUT2D eigenvalue weighted by molar-refractivity contribution is 7.92. The summed E-state index contributed by atoms with van der Waals surface area (Å²) in [4.78, 5) is 39.0. The van der Waals surface area contributed by atoms with Crippen LogP contribution in [0.5, 0.6) is 0 Å². The number of nitrogens with one attached hydrogen (secondary N) is 1. The summed E-state index contributed by atoms with van der Waals surface area (Å²) in [6, 6.07) is 23.3. The Balaban J connectivity index is 1.52. The molecule has 0 saturated carbocycles. The zero-order valence-corrected chi connectivity index (χ0v) is 24.8. The van der Waals surface area contributed by atoms with Crippen LogP contribution < -0.4 is 15.2 Å². The first-order chi connectivity index (χ1) is 20.1. The Morgan fingerprint density at radius 2 is 1.62 bits per heavy atom. The average molecular weight is 591 g/mol. The van der Waals surface area contributed by atoms with E-state index in [0.29, 0.717) is 23.5 Å². The van der Waals surface area contributed by atoms with Crippen molar-refractivity contribution in [1.29, 1.82) is 0 Å². The van der Waals surface area contributed by atoms with Gasteiger partial charge in [-0.1, -0.05) is 55.8 Å². The van der Waals surface area contributed by atoms with Crippen molar-refractivity contribution < 1.29 is 22.7 Å². The number of para-hydroxylation sites is 2. The summed E-state index contributed by atoms with van der Waals surface area (Å²) >= 11 is 0. The zero-order valence-electron chi connectivity index (χ0n) is 24.0.